The maximum absolute atomic E-state index is 11.6. The fourth-order valence-corrected chi connectivity index (χ4v) is 2.83. The maximum Gasteiger partial charge on any atom is 0.165 e. The van der Waals surface area contributed by atoms with Gasteiger partial charge in [-0.15, -0.1) is 0 Å². The van der Waals surface area contributed by atoms with Gasteiger partial charge in [0.2, 0.25) is 0 Å². The molecule has 0 amide bonds. The van der Waals surface area contributed by atoms with E-state index < -0.39 is 5.60 Å². The predicted molar refractivity (Wildman–Crippen MR) is 96.0 cm³/mol. The van der Waals surface area contributed by atoms with E-state index in [2.05, 4.69) is 20.8 Å². The normalized spacial score (nSPS) is 12.0. The summed E-state index contributed by atoms with van der Waals surface area (Å²) in [5, 5.41) is 11.6. The second-order valence-corrected chi connectivity index (χ2v) is 6.86. The highest BCUT2D eigenvalue weighted by Crippen LogP contribution is 2.34. The molecule has 2 nitrogen and oxygen atoms in total. The van der Waals surface area contributed by atoms with E-state index in [1.54, 1.807) is 0 Å². The molecule has 2 rings (SSSR count). The Labute approximate surface area is 138 Å². The highest BCUT2D eigenvalue weighted by molar-refractivity contribution is 7.80. The summed E-state index contributed by atoms with van der Waals surface area (Å²) in [6.07, 6.45) is 0. The number of hydrogen-bond donors (Lipinski definition) is 1. The monoisotopic (exact) mass is 313 g/mol. The number of likely N-dealkylation sites (N-methyl/N-ethyl adjacent to an activating group) is 1. The fraction of sp³-hybridized carbons (Fsp3) is 0.316. The number of thiocarbonyl (C=S) groups is 1. The second kappa shape index (κ2) is 6.19. The Hall–Kier alpha value is -1.71. The summed E-state index contributed by atoms with van der Waals surface area (Å²) in [7, 11) is 1.93. The Balaban J connectivity index is 2.60. The van der Waals surface area contributed by atoms with Crippen LogP contribution in [0.4, 0.5) is 0 Å². The highest BCUT2D eigenvalue weighted by atomic mass is 32.1. The molecule has 0 heterocycles. The summed E-state index contributed by atoms with van der Waals surface area (Å²) in [6.45, 7) is 6.24. The van der Waals surface area contributed by atoms with Gasteiger partial charge in [0.15, 0.2) is 5.60 Å². The van der Waals surface area contributed by atoms with Crippen molar-refractivity contribution in [2.75, 3.05) is 7.05 Å². The first-order chi connectivity index (χ1) is 10.3. The van der Waals surface area contributed by atoms with Crippen molar-refractivity contribution in [3.63, 3.8) is 0 Å². The molecule has 0 aromatic heterocycles. The van der Waals surface area contributed by atoms with E-state index in [0.717, 1.165) is 11.1 Å². The molecule has 1 N–H and O–H groups in total. The fourth-order valence-electron chi connectivity index (χ4n) is 2.32. The van der Waals surface area contributed by atoms with Gasteiger partial charge in [0, 0.05) is 12.6 Å². The van der Waals surface area contributed by atoms with E-state index in [9.17, 15) is 5.11 Å². The first-order valence-electron chi connectivity index (χ1n) is 7.39. The van der Waals surface area contributed by atoms with Crippen molar-refractivity contribution in [2.45, 2.75) is 31.9 Å². The third kappa shape index (κ3) is 3.06. The first-order valence-corrected chi connectivity index (χ1v) is 7.80. The van der Waals surface area contributed by atoms with Crippen molar-refractivity contribution >= 4 is 17.2 Å². The van der Waals surface area contributed by atoms with Gasteiger partial charge in [-0.1, -0.05) is 72.9 Å². The number of nitrogens with zero attached hydrogens (tertiary/aromatic N) is 1. The molecule has 0 aliphatic rings. The lowest BCUT2D eigenvalue weighted by Gasteiger charge is -2.41. The smallest absolute Gasteiger partial charge is 0.165 e. The van der Waals surface area contributed by atoms with Crippen LogP contribution in [0.25, 0.3) is 0 Å². The Morgan fingerprint density at radius 3 is 1.55 bits per heavy atom. The minimum atomic E-state index is -1.32. The topological polar surface area (TPSA) is 23.5 Å². The van der Waals surface area contributed by atoms with Crippen LogP contribution in [0.2, 0.25) is 0 Å². The minimum absolute atomic E-state index is 0.172. The van der Waals surface area contributed by atoms with Crippen molar-refractivity contribution in [3.05, 3.63) is 71.8 Å². The van der Waals surface area contributed by atoms with Gasteiger partial charge in [0.05, 0.1) is 0 Å². The molecule has 0 atom stereocenters. The summed E-state index contributed by atoms with van der Waals surface area (Å²) in [4.78, 5) is 2.46. The highest BCUT2D eigenvalue weighted by Gasteiger charge is 2.40. The number of aliphatic hydroxyl groups is 1. The largest absolute Gasteiger partial charge is 0.374 e. The van der Waals surface area contributed by atoms with Gasteiger partial charge in [0.25, 0.3) is 0 Å². The molecule has 0 saturated heterocycles. The minimum Gasteiger partial charge on any atom is -0.374 e. The third-order valence-electron chi connectivity index (χ3n) is 4.00. The van der Waals surface area contributed by atoms with Crippen LogP contribution in [0.1, 0.15) is 31.9 Å². The Bertz CT molecular complexity index is 592. The van der Waals surface area contributed by atoms with E-state index in [-0.39, 0.29) is 5.54 Å². The summed E-state index contributed by atoms with van der Waals surface area (Å²) in [5.41, 5.74) is 0.0683. The molecule has 3 heteroatoms. The lowest BCUT2D eigenvalue weighted by molar-refractivity contribution is 0.130. The van der Waals surface area contributed by atoms with E-state index in [4.69, 9.17) is 12.2 Å². The van der Waals surface area contributed by atoms with Crippen molar-refractivity contribution in [1.29, 1.82) is 0 Å². The third-order valence-corrected chi connectivity index (χ3v) is 4.57. The quantitative estimate of drug-likeness (QED) is 0.867. The standard InChI is InChI=1S/C19H23NOS/c1-18(2,3)20(4)17(22)19(21,15-11-7-5-8-12-15)16-13-9-6-10-14-16/h5-14,21H,1-4H3. The summed E-state index contributed by atoms with van der Waals surface area (Å²) in [6, 6.07) is 19.2. The average Bonchev–Trinajstić information content (AvgIpc) is 2.53. The van der Waals surface area contributed by atoms with Gasteiger partial charge in [-0.25, -0.2) is 0 Å². The Morgan fingerprint density at radius 2 is 1.23 bits per heavy atom. The van der Waals surface area contributed by atoms with Crippen molar-refractivity contribution in [1.82, 2.24) is 4.90 Å². The van der Waals surface area contributed by atoms with E-state index in [1.165, 1.54) is 0 Å². The van der Waals surface area contributed by atoms with Crippen LogP contribution in [0, 0.1) is 0 Å². The summed E-state index contributed by atoms with van der Waals surface area (Å²) >= 11 is 5.70. The molecule has 2 aromatic carbocycles. The maximum atomic E-state index is 11.6. The number of benzene rings is 2. The van der Waals surface area contributed by atoms with E-state index in [0.29, 0.717) is 4.99 Å². The van der Waals surface area contributed by atoms with Gasteiger partial charge in [-0.3, -0.25) is 0 Å². The van der Waals surface area contributed by atoms with Crippen molar-refractivity contribution < 1.29 is 5.11 Å². The van der Waals surface area contributed by atoms with E-state index >= 15 is 0 Å². The van der Waals surface area contributed by atoms with Crippen LogP contribution in [0.5, 0.6) is 0 Å². The SMILES string of the molecule is CN(C(=S)C(O)(c1ccccc1)c1ccccc1)C(C)(C)C. The molecule has 0 aliphatic carbocycles. The molecular weight excluding hydrogens is 290 g/mol. The summed E-state index contributed by atoms with van der Waals surface area (Å²) < 4.78 is 0. The van der Waals surface area contributed by atoms with Crippen LogP contribution in [-0.2, 0) is 5.60 Å². The second-order valence-electron chi connectivity index (χ2n) is 6.48. The van der Waals surface area contributed by atoms with Gasteiger partial charge in [-0.2, -0.15) is 0 Å². The summed E-state index contributed by atoms with van der Waals surface area (Å²) in [5.74, 6) is 0. The molecule has 0 radical (unpaired) electrons. The Kier molecular flexibility index (Phi) is 4.69. The molecule has 0 fully saturated rings. The van der Waals surface area contributed by atoms with Crippen LogP contribution in [-0.4, -0.2) is 27.6 Å². The van der Waals surface area contributed by atoms with Crippen molar-refractivity contribution in [2.24, 2.45) is 0 Å². The van der Waals surface area contributed by atoms with Crippen LogP contribution in [0.3, 0.4) is 0 Å². The molecule has 0 unspecified atom stereocenters. The van der Waals surface area contributed by atoms with E-state index in [1.807, 2.05) is 72.6 Å². The van der Waals surface area contributed by atoms with Gasteiger partial charge in [0.1, 0.15) is 4.99 Å². The molecule has 0 bridgehead atoms. The first kappa shape index (κ1) is 16.7. The molecule has 22 heavy (non-hydrogen) atoms. The number of hydrogen-bond acceptors (Lipinski definition) is 2. The van der Waals surface area contributed by atoms with Crippen molar-refractivity contribution in [3.8, 4) is 0 Å². The lowest BCUT2D eigenvalue weighted by atomic mass is 9.84. The van der Waals surface area contributed by atoms with Gasteiger partial charge < -0.3 is 10.0 Å². The van der Waals surface area contributed by atoms with Gasteiger partial charge >= 0.3 is 0 Å². The average molecular weight is 313 g/mol. The molecule has 0 spiro atoms. The zero-order valence-electron chi connectivity index (χ0n) is 13.6. The molecule has 2 aromatic rings. The molecular formula is C19H23NOS. The Morgan fingerprint density at radius 1 is 0.864 bits per heavy atom. The molecule has 0 aliphatic heterocycles. The van der Waals surface area contributed by atoms with Crippen LogP contribution >= 0.6 is 12.2 Å². The lowest BCUT2D eigenvalue weighted by Crippen LogP contribution is -2.51. The zero-order chi connectivity index (χ0) is 16.4. The predicted octanol–water partition coefficient (Wildman–Crippen LogP) is 3.98. The molecule has 0 saturated carbocycles. The van der Waals surface area contributed by atoms with Gasteiger partial charge in [-0.05, 0) is 31.9 Å². The molecule has 116 valence electrons. The number of rotatable bonds is 3. The van der Waals surface area contributed by atoms with Crippen LogP contribution in [0.15, 0.2) is 60.7 Å². The van der Waals surface area contributed by atoms with Crippen LogP contribution < -0.4 is 0 Å². The zero-order valence-corrected chi connectivity index (χ0v) is 14.4.